The number of nitrogens with zero attached hydrogens (tertiary/aromatic N) is 1. The zero-order chi connectivity index (χ0) is 20.5. The molecule has 4 atom stereocenters. The summed E-state index contributed by atoms with van der Waals surface area (Å²) in [5.74, 6) is 1.47. The van der Waals surface area contributed by atoms with Crippen LogP contribution in [0.4, 0.5) is 0 Å². The standard InChI is InChI=1S/C18H21NO4.H2O4S.5H2O/c1-19-8-7-17-14-10-3-4-12(22-2)15(14)23-16(17)11(20)5-6-18(17,21)13(19)9-10;1-5(2,3)4;;;;;/h3-4,13,16,21H,5-9H2,1-2H3;(H2,1,2,3,4);5*1H2/t13-,16+,17+,18-;;;;;;/m1....../s1. The number of ether oxygens (including phenoxy) is 2. The normalized spacial score (nSPS) is 30.0. The van der Waals surface area contributed by atoms with Gasteiger partial charge in [-0.2, -0.15) is 8.42 Å². The van der Waals surface area contributed by atoms with Gasteiger partial charge in [0.25, 0.3) is 0 Å². The monoisotopic (exact) mass is 503 g/mol. The fourth-order valence-corrected chi connectivity index (χ4v) is 5.69. The number of piperidine rings is 1. The summed E-state index contributed by atoms with van der Waals surface area (Å²) in [6.07, 6.45) is 1.89. The van der Waals surface area contributed by atoms with E-state index in [4.69, 9.17) is 27.0 Å². The van der Waals surface area contributed by atoms with Crippen LogP contribution in [0.1, 0.15) is 30.4 Å². The van der Waals surface area contributed by atoms with E-state index in [1.54, 1.807) is 7.11 Å². The van der Waals surface area contributed by atoms with Crippen LogP contribution in [-0.4, -0.2) is 99.1 Å². The van der Waals surface area contributed by atoms with Crippen LogP contribution in [0, 0.1) is 0 Å². The Hall–Kier alpha value is -1.92. The minimum Gasteiger partial charge on any atom is -0.493 e. The number of hydrogen-bond acceptors (Lipinski definition) is 7. The van der Waals surface area contributed by atoms with Gasteiger partial charge in [0, 0.05) is 18.0 Å². The van der Waals surface area contributed by atoms with Gasteiger partial charge in [0.15, 0.2) is 23.4 Å². The largest absolute Gasteiger partial charge is 0.493 e. The van der Waals surface area contributed by atoms with E-state index in [0.717, 1.165) is 24.9 Å². The van der Waals surface area contributed by atoms with Crippen molar-refractivity contribution in [1.82, 2.24) is 4.90 Å². The third-order valence-corrected chi connectivity index (χ3v) is 6.73. The van der Waals surface area contributed by atoms with E-state index < -0.39 is 27.5 Å². The van der Waals surface area contributed by atoms with Crippen molar-refractivity contribution >= 4 is 16.2 Å². The first-order valence-corrected chi connectivity index (χ1v) is 10.4. The molecule has 33 heavy (non-hydrogen) atoms. The van der Waals surface area contributed by atoms with Crippen LogP contribution in [0.5, 0.6) is 11.5 Å². The predicted octanol–water partition coefficient (Wildman–Crippen LogP) is -3.73. The maximum absolute atomic E-state index is 12.7. The Bertz CT molecular complexity index is 947. The molecular formula is C18H33NO13S. The van der Waals surface area contributed by atoms with Crippen molar-refractivity contribution in [2.45, 2.75) is 48.8 Å². The molecule has 2 bridgehead atoms. The summed E-state index contributed by atoms with van der Waals surface area (Å²) in [6.45, 7) is 0.871. The van der Waals surface area contributed by atoms with E-state index in [1.807, 2.05) is 6.07 Å². The number of aliphatic hydroxyl groups is 1. The molecule has 1 aromatic rings. The summed E-state index contributed by atoms with van der Waals surface area (Å²) in [5, 5.41) is 11.7. The van der Waals surface area contributed by atoms with Crippen molar-refractivity contribution in [2.75, 3.05) is 20.7 Å². The average Bonchev–Trinajstić information content (AvgIpc) is 2.95. The number of ketones is 1. The smallest absolute Gasteiger partial charge is 0.394 e. The first-order valence-electron chi connectivity index (χ1n) is 9.05. The maximum Gasteiger partial charge on any atom is 0.394 e. The molecule has 2 fully saturated rings. The molecule has 5 rings (SSSR count). The zero-order valence-corrected chi connectivity index (χ0v) is 18.9. The van der Waals surface area contributed by atoms with Gasteiger partial charge in [-0.3, -0.25) is 13.9 Å². The second-order valence-electron chi connectivity index (χ2n) is 7.89. The Kier molecular flexibility index (Phi) is 10.6. The van der Waals surface area contributed by atoms with Gasteiger partial charge in [-0.05, 0) is 44.5 Å². The molecule has 194 valence electrons. The minimum absolute atomic E-state index is 0. The lowest BCUT2D eigenvalue weighted by atomic mass is 9.49. The van der Waals surface area contributed by atoms with Gasteiger partial charge in [0.2, 0.25) is 0 Å². The first-order chi connectivity index (χ1) is 13.0. The van der Waals surface area contributed by atoms with Gasteiger partial charge in [-0.25, -0.2) is 0 Å². The highest BCUT2D eigenvalue weighted by Crippen LogP contribution is 2.64. The van der Waals surface area contributed by atoms with Gasteiger partial charge in [0.05, 0.1) is 18.1 Å². The highest BCUT2D eigenvalue weighted by Gasteiger charge is 2.72. The van der Waals surface area contributed by atoms with Gasteiger partial charge in [0.1, 0.15) is 0 Å². The summed E-state index contributed by atoms with van der Waals surface area (Å²) in [5.41, 5.74) is 0.737. The van der Waals surface area contributed by atoms with Crippen molar-refractivity contribution in [2.24, 2.45) is 0 Å². The molecule has 1 aromatic carbocycles. The Morgan fingerprint density at radius 1 is 1.12 bits per heavy atom. The Balaban J connectivity index is 0. The number of methoxy groups -OCH3 is 1. The van der Waals surface area contributed by atoms with Gasteiger partial charge in [-0.15, -0.1) is 0 Å². The molecule has 1 saturated carbocycles. The average molecular weight is 504 g/mol. The molecule has 0 unspecified atom stereocenters. The molecule has 13 N–H and O–H groups in total. The van der Waals surface area contributed by atoms with Crippen molar-refractivity contribution < 1.29 is 64.3 Å². The number of benzene rings is 1. The van der Waals surface area contributed by atoms with Crippen LogP contribution in [0.15, 0.2) is 12.1 Å². The first kappa shape index (κ1) is 33.3. The molecule has 0 amide bonds. The second kappa shape index (κ2) is 10.6. The van der Waals surface area contributed by atoms with Gasteiger partial charge in [-0.1, -0.05) is 6.07 Å². The maximum atomic E-state index is 12.7. The molecule has 1 spiro atoms. The van der Waals surface area contributed by atoms with E-state index in [0.29, 0.717) is 24.3 Å². The van der Waals surface area contributed by atoms with Crippen LogP contribution >= 0.6 is 0 Å². The molecular weight excluding hydrogens is 470 g/mol. The van der Waals surface area contributed by atoms with Crippen LogP contribution in [0.25, 0.3) is 0 Å². The fraction of sp³-hybridized carbons (Fsp3) is 0.611. The Labute approximate surface area is 190 Å². The molecule has 2 heterocycles. The lowest BCUT2D eigenvalue weighted by molar-refractivity contribution is -0.185. The number of likely N-dealkylation sites (tertiary alicyclic amines) is 1. The van der Waals surface area contributed by atoms with Crippen LogP contribution < -0.4 is 9.47 Å². The lowest BCUT2D eigenvalue weighted by Gasteiger charge is -2.62. The van der Waals surface area contributed by atoms with Crippen molar-refractivity contribution in [1.29, 1.82) is 0 Å². The molecule has 0 radical (unpaired) electrons. The van der Waals surface area contributed by atoms with Crippen LogP contribution in [-0.2, 0) is 27.0 Å². The van der Waals surface area contributed by atoms with E-state index in [1.165, 1.54) is 5.56 Å². The summed E-state index contributed by atoms with van der Waals surface area (Å²) in [6, 6.07) is 4.05. The topological polar surface area (TPSA) is 291 Å². The highest BCUT2D eigenvalue weighted by molar-refractivity contribution is 7.79. The van der Waals surface area contributed by atoms with Crippen LogP contribution in [0.2, 0.25) is 0 Å². The summed E-state index contributed by atoms with van der Waals surface area (Å²) in [7, 11) is -0.971. The summed E-state index contributed by atoms with van der Waals surface area (Å²) >= 11 is 0. The second-order valence-corrected chi connectivity index (χ2v) is 8.78. The predicted molar refractivity (Wildman–Crippen MR) is 115 cm³/mol. The van der Waals surface area contributed by atoms with Crippen LogP contribution in [0.3, 0.4) is 0 Å². The molecule has 1 saturated heterocycles. The number of Topliss-reactive ketones (excluding diaryl/α,β-unsaturated/α-hetero) is 1. The number of carbonyl (C=O) groups excluding carboxylic acids is 1. The van der Waals surface area contributed by atoms with E-state index in [2.05, 4.69) is 18.0 Å². The minimum atomic E-state index is -4.67. The van der Waals surface area contributed by atoms with Crippen molar-refractivity contribution in [3.05, 3.63) is 23.3 Å². The zero-order valence-electron chi connectivity index (χ0n) is 18.1. The van der Waals surface area contributed by atoms with E-state index in [-0.39, 0.29) is 39.2 Å². The molecule has 0 aromatic heterocycles. The quantitative estimate of drug-likeness (QED) is 0.317. The number of likely N-dealkylation sites (N-methyl/N-ethyl adjacent to an activating group) is 1. The van der Waals surface area contributed by atoms with Crippen molar-refractivity contribution in [3.63, 3.8) is 0 Å². The third kappa shape index (κ3) is 4.57. The van der Waals surface area contributed by atoms with E-state index in [9.17, 15) is 9.90 Å². The molecule has 2 aliphatic heterocycles. The van der Waals surface area contributed by atoms with Crippen molar-refractivity contribution in [3.8, 4) is 11.5 Å². The number of hydrogen-bond donors (Lipinski definition) is 3. The fourth-order valence-electron chi connectivity index (χ4n) is 5.69. The molecule has 4 aliphatic rings. The summed E-state index contributed by atoms with van der Waals surface area (Å²) in [4.78, 5) is 14.9. The Morgan fingerprint density at radius 2 is 1.70 bits per heavy atom. The Morgan fingerprint density at radius 3 is 2.24 bits per heavy atom. The molecule has 2 aliphatic carbocycles. The third-order valence-electron chi connectivity index (χ3n) is 6.73. The lowest BCUT2D eigenvalue weighted by Crippen LogP contribution is -2.76. The molecule has 15 heteroatoms. The highest BCUT2D eigenvalue weighted by atomic mass is 32.3. The molecule has 14 nitrogen and oxygen atoms in total. The number of rotatable bonds is 1. The van der Waals surface area contributed by atoms with Gasteiger partial charge < -0.3 is 46.9 Å². The SMILES string of the molecule is COc1ccc2c3c1O[C@H]1C(=O)CC[C@@]4(O)[C@@H](C2)N(C)CC[C@]314.O.O.O.O.O.O=S(=O)(O)O. The summed E-state index contributed by atoms with van der Waals surface area (Å²) < 4.78 is 43.2. The number of carbonyl (C=O) groups is 1. The van der Waals surface area contributed by atoms with E-state index >= 15 is 0 Å². The van der Waals surface area contributed by atoms with Gasteiger partial charge >= 0.3 is 10.4 Å².